The maximum atomic E-state index is 6.43. The highest BCUT2D eigenvalue weighted by molar-refractivity contribution is 6.42. The maximum Gasteiger partial charge on any atom is 0.119 e. The quantitative estimate of drug-likeness (QED) is 0.188. The Morgan fingerprint density at radius 1 is 0.775 bits per heavy atom. The number of ether oxygens (including phenoxy) is 1. The lowest BCUT2D eigenvalue weighted by Gasteiger charge is -2.33. The number of piperidine rings is 1. The summed E-state index contributed by atoms with van der Waals surface area (Å²) in [6.07, 6.45) is 5.82. The number of nitrogens with zero attached hydrogens (tertiary/aromatic N) is 4. The molecule has 5 nitrogen and oxygen atoms in total. The Morgan fingerprint density at radius 2 is 1.55 bits per heavy atom. The minimum absolute atomic E-state index is 0.333. The second kappa shape index (κ2) is 12.3. The van der Waals surface area contributed by atoms with E-state index in [1.807, 2.05) is 60.9 Å². The average Bonchev–Trinajstić information content (AvgIpc) is 3.45. The molecule has 0 saturated carbocycles. The number of rotatable bonds is 8. The topological polar surface area (TPSA) is 43.2 Å². The van der Waals surface area contributed by atoms with Gasteiger partial charge in [0.2, 0.25) is 0 Å². The van der Waals surface area contributed by atoms with Crippen LogP contribution in [0.4, 0.5) is 0 Å². The molecule has 0 N–H and O–H groups in total. The van der Waals surface area contributed by atoms with Crippen molar-refractivity contribution in [3.05, 3.63) is 125 Å². The van der Waals surface area contributed by atoms with E-state index in [1.54, 1.807) is 6.20 Å². The monoisotopic (exact) mass is 568 g/mol. The summed E-state index contributed by atoms with van der Waals surface area (Å²) in [5.74, 6) is 0.893. The zero-order valence-corrected chi connectivity index (χ0v) is 23.6. The third kappa shape index (κ3) is 6.07. The third-order valence-electron chi connectivity index (χ3n) is 7.42. The first kappa shape index (κ1) is 26.6. The van der Waals surface area contributed by atoms with Crippen LogP contribution in [0.3, 0.4) is 0 Å². The molecule has 2 aromatic heterocycles. The lowest BCUT2D eigenvalue weighted by Crippen LogP contribution is -2.34. The standard InChI is InChI=1S/C33H30Cl2N4O/c34-29-14-11-26(20-30(29)35)33-32(31-8-4-5-17-36-31)37-23-39(33)27-15-18-38(19-16-27)21-24-9-12-28(13-10-24)40-22-25-6-2-1-3-7-25/h1-14,17,20,23,27H,15-16,18-19,21-22H2. The average molecular weight is 570 g/mol. The maximum absolute atomic E-state index is 6.43. The normalized spacial score (nSPS) is 14.3. The van der Waals surface area contributed by atoms with Gasteiger partial charge in [-0.25, -0.2) is 4.98 Å². The van der Waals surface area contributed by atoms with Gasteiger partial charge in [-0.05, 0) is 60.4 Å². The van der Waals surface area contributed by atoms with E-state index in [0.29, 0.717) is 22.7 Å². The first-order chi connectivity index (χ1) is 19.6. The molecule has 0 amide bonds. The van der Waals surface area contributed by atoms with Gasteiger partial charge in [0.05, 0.1) is 27.8 Å². The molecule has 6 rings (SSSR count). The molecular weight excluding hydrogens is 539 g/mol. The fourth-order valence-corrected chi connectivity index (χ4v) is 5.60. The van der Waals surface area contributed by atoms with Gasteiger partial charge in [-0.1, -0.05) is 77.8 Å². The second-order valence-corrected chi connectivity index (χ2v) is 10.9. The molecule has 7 heteroatoms. The van der Waals surface area contributed by atoms with Crippen molar-refractivity contribution in [3.8, 4) is 28.4 Å². The van der Waals surface area contributed by atoms with Gasteiger partial charge < -0.3 is 9.30 Å². The van der Waals surface area contributed by atoms with E-state index >= 15 is 0 Å². The highest BCUT2D eigenvalue weighted by Crippen LogP contribution is 2.37. The first-order valence-corrected chi connectivity index (χ1v) is 14.3. The summed E-state index contributed by atoms with van der Waals surface area (Å²) in [7, 11) is 0. The van der Waals surface area contributed by atoms with Crippen LogP contribution in [0.5, 0.6) is 5.75 Å². The molecule has 0 atom stereocenters. The molecule has 1 aliphatic rings. The number of imidazole rings is 1. The van der Waals surface area contributed by atoms with Crippen LogP contribution in [-0.4, -0.2) is 32.5 Å². The van der Waals surface area contributed by atoms with E-state index in [9.17, 15) is 0 Å². The van der Waals surface area contributed by atoms with Crippen LogP contribution in [0.1, 0.15) is 30.0 Å². The summed E-state index contributed by atoms with van der Waals surface area (Å²) in [6.45, 7) is 3.52. The molecule has 0 bridgehead atoms. The third-order valence-corrected chi connectivity index (χ3v) is 8.16. The van der Waals surface area contributed by atoms with Gasteiger partial charge in [-0.3, -0.25) is 9.88 Å². The van der Waals surface area contributed by atoms with Gasteiger partial charge in [-0.2, -0.15) is 0 Å². The van der Waals surface area contributed by atoms with Gasteiger partial charge >= 0.3 is 0 Å². The highest BCUT2D eigenvalue weighted by Gasteiger charge is 2.25. The minimum atomic E-state index is 0.333. The second-order valence-electron chi connectivity index (χ2n) is 10.1. The Balaban J connectivity index is 1.13. The van der Waals surface area contributed by atoms with Crippen LogP contribution < -0.4 is 4.74 Å². The van der Waals surface area contributed by atoms with Crippen LogP contribution in [0, 0.1) is 0 Å². The van der Waals surface area contributed by atoms with E-state index < -0.39 is 0 Å². The summed E-state index contributed by atoms with van der Waals surface area (Å²) >= 11 is 12.7. The van der Waals surface area contributed by atoms with Crippen LogP contribution in [0.25, 0.3) is 22.6 Å². The van der Waals surface area contributed by atoms with Crippen molar-refractivity contribution in [1.29, 1.82) is 0 Å². The zero-order chi connectivity index (χ0) is 27.3. The zero-order valence-electron chi connectivity index (χ0n) is 22.1. The number of halogens is 2. The van der Waals surface area contributed by atoms with E-state index in [-0.39, 0.29) is 0 Å². The number of hydrogen-bond acceptors (Lipinski definition) is 4. The predicted molar refractivity (Wildman–Crippen MR) is 162 cm³/mol. The van der Waals surface area contributed by atoms with Gasteiger partial charge in [0.15, 0.2) is 0 Å². The largest absolute Gasteiger partial charge is 0.489 e. The number of pyridine rings is 1. The molecule has 0 radical (unpaired) electrons. The fraction of sp³-hybridized carbons (Fsp3) is 0.212. The van der Waals surface area contributed by atoms with Crippen molar-refractivity contribution in [2.45, 2.75) is 32.0 Å². The van der Waals surface area contributed by atoms with Gasteiger partial charge in [0.1, 0.15) is 18.1 Å². The van der Waals surface area contributed by atoms with Crippen molar-refractivity contribution >= 4 is 23.2 Å². The predicted octanol–water partition coefficient (Wildman–Crippen LogP) is 8.34. The summed E-state index contributed by atoms with van der Waals surface area (Å²) < 4.78 is 8.26. The lowest BCUT2D eigenvalue weighted by molar-refractivity contribution is 0.180. The SMILES string of the molecule is Clc1ccc(-c2c(-c3ccccn3)ncn2C2CCN(Cc3ccc(OCc4ccccc4)cc3)CC2)cc1Cl. The van der Waals surface area contributed by atoms with Crippen LogP contribution >= 0.6 is 23.2 Å². The van der Waals surface area contributed by atoms with Crippen molar-refractivity contribution < 1.29 is 4.74 Å². The first-order valence-electron chi connectivity index (χ1n) is 13.6. The van der Waals surface area contributed by atoms with Crippen LogP contribution in [0.15, 0.2) is 104 Å². The number of aromatic nitrogens is 3. The lowest BCUT2D eigenvalue weighted by atomic mass is 10.0. The van der Waals surface area contributed by atoms with Gasteiger partial charge in [0, 0.05) is 37.4 Å². The molecule has 5 aromatic rings. The molecule has 1 fully saturated rings. The van der Waals surface area contributed by atoms with Crippen molar-refractivity contribution in [1.82, 2.24) is 19.4 Å². The fourth-order valence-electron chi connectivity index (χ4n) is 5.30. The molecule has 3 heterocycles. The van der Waals surface area contributed by atoms with E-state index in [2.05, 4.69) is 50.8 Å². The van der Waals surface area contributed by atoms with E-state index in [1.165, 1.54) is 11.1 Å². The Hall–Kier alpha value is -3.64. The van der Waals surface area contributed by atoms with Crippen molar-refractivity contribution in [2.75, 3.05) is 13.1 Å². The Bertz CT molecular complexity index is 1550. The Kier molecular flexibility index (Phi) is 8.14. The summed E-state index contributed by atoms with van der Waals surface area (Å²) in [5.41, 5.74) is 6.18. The van der Waals surface area contributed by atoms with Gasteiger partial charge in [0.25, 0.3) is 0 Å². The van der Waals surface area contributed by atoms with E-state index in [0.717, 1.165) is 60.9 Å². The Morgan fingerprint density at radius 3 is 2.27 bits per heavy atom. The van der Waals surface area contributed by atoms with Gasteiger partial charge in [-0.15, -0.1) is 0 Å². The molecule has 3 aromatic carbocycles. The number of hydrogen-bond donors (Lipinski definition) is 0. The highest BCUT2D eigenvalue weighted by atomic mass is 35.5. The Labute approximate surface area is 245 Å². The molecule has 0 unspecified atom stereocenters. The summed E-state index contributed by atoms with van der Waals surface area (Å²) in [6, 6.07) is 30.7. The number of benzene rings is 3. The molecule has 40 heavy (non-hydrogen) atoms. The minimum Gasteiger partial charge on any atom is -0.489 e. The molecule has 0 aliphatic carbocycles. The van der Waals surface area contributed by atoms with E-state index in [4.69, 9.17) is 32.9 Å². The smallest absolute Gasteiger partial charge is 0.119 e. The van der Waals surface area contributed by atoms with Crippen LogP contribution in [0.2, 0.25) is 10.0 Å². The van der Waals surface area contributed by atoms with Crippen molar-refractivity contribution in [2.24, 2.45) is 0 Å². The molecule has 1 saturated heterocycles. The molecule has 1 aliphatic heterocycles. The molecular formula is C33H30Cl2N4O. The number of likely N-dealkylation sites (tertiary alicyclic amines) is 1. The van der Waals surface area contributed by atoms with Crippen LogP contribution in [-0.2, 0) is 13.2 Å². The molecule has 0 spiro atoms. The molecule has 202 valence electrons. The summed E-state index contributed by atoms with van der Waals surface area (Å²) in [5, 5.41) is 1.07. The summed E-state index contributed by atoms with van der Waals surface area (Å²) in [4.78, 5) is 11.9. The van der Waals surface area contributed by atoms with Crippen molar-refractivity contribution in [3.63, 3.8) is 0 Å².